The third-order valence-electron chi connectivity index (χ3n) is 14.2. The van der Waals surface area contributed by atoms with Gasteiger partial charge in [-0.05, 0) is 71.9 Å². The maximum Gasteiger partial charge on any atom is 0.469 e. The quantitative estimate of drug-likeness (QED) is 0.0341. The number of phosphoric ester groups is 1. The Bertz CT molecular complexity index is 2110. The molecule has 3 rings (SSSR count). The van der Waals surface area contributed by atoms with Crippen LogP contribution < -0.4 is 5.32 Å². The lowest BCUT2D eigenvalue weighted by Crippen LogP contribution is -2.58. The first kappa shape index (κ1) is 61.9. The minimum absolute atomic E-state index is 0.0661. The number of rotatable bonds is 26. The molecule has 8 N–H and O–H groups in total. The van der Waals surface area contributed by atoms with Gasteiger partial charge >= 0.3 is 7.82 Å². The van der Waals surface area contributed by atoms with E-state index in [9.17, 15) is 44.7 Å². The van der Waals surface area contributed by atoms with Crippen LogP contribution in [0.4, 0.5) is 0 Å². The van der Waals surface area contributed by atoms with Crippen molar-refractivity contribution in [3.63, 3.8) is 0 Å². The fourth-order valence-corrected chi connectivity index (χ4v) is 10.0. The van der Waals surface area contributed by atoms with Crippen molar-refractivity contribution in [3.05, 3.63) is 71.0 Å². The number of ether oxygens (including phenoxy) is 4. The lowest BCUT2D eigenvalue weighted by atomic mass is 9.72. The zero-order chi connectivity index (χ0) is 53.8. The second-order valence-corrected chi connectivity index (χ2v) is 21.6. The molecule has 402 valence electrons. The molecule has 1 unspecified atom stereocenters. The molecule has 2 fully saturated rings. The standard InChI is InChI=1S/C51H83N4O15P/c1-29(21-22-52)17-15-18-30(2)31(3)23-32(4)43(58)36(8)39(56)25-42(66-14)46-47(70-71(62,63)64)50(9,10)51(69-46)26-40(57)35(7)41(68-51)20-16-19-37-27-67-49(54-37)33(5)24-34(6)53-48(61)45(60)44(59)38(28-65-13)55(11)12/h15-19,21,23,27,32-36,38-47,56-60H,20,24-26,28H2,1-14H3,(H,53,61)(H2,62,63,64)/b17-15+,19-16+,29-21-,30-18+,31-23+/t32-,33+,34-,35+,36+,38+,39+,40-,41+,42+,43-,44+,45+,46?,47+,51+/m0/s1. The summed E-state index contributed by atoms with van der Waals surface area (Å²) in [5, 5.41) is 67.4. The fraction of sp³-hybridized carbons (Fsp3) is 0.706. The first-order chi connectivity index (χ1) is 33.0. The molecule has 1 spiro atoms. The molecule has 2 aliphatic rings. The van der Waals surface area contributed by atoms with E-state index in [1.54, 1.807) is 52.8 Å². The Morgan fingerprint density at radius 3 is 2.31 bits per heavy atom. The number of phosphoric acid groups is 1. The second kappa shape index (κ2) is 27.2. The van der Waals surface area contributed by atoms with Crippen LogP contribution >= 0.6 is 7.82 Å². The van der Waals surface area contributed by atoms with Gasteiger partial charge in [-0.25, -0.2) is 9.55 Å². The van der Waals surface area contributed by atoms with Gasteiger partial charge in [0, 0.05) is 68.3 Å². The number of hydrogen-bond donors (Lipinski definition) is 8. The van der Waals surface area contributed by atoms with Crippen molar-refractivity contribution < 1.29 is 72.6 Å². The van der Waals surface area contributed by atoms with E-state index in [0.29, 0.717) is 18.0 Å². The number of carbonyl (C=O) groups excluding carboxylic acids is 1. The molecule has 71 heavy (non-hydrogen) atoms. The molecule has 0 bridgehead atoms. The number of likely N-dealkylation sites (N-methyl/N-ethyl adjacent to an activating group) is 1. The summed E-state index contributed by atoms with van der Waals surface area (Å²) in [5.74, 6) is -3.67. The maximum atomic E-state index is 12.8. The van der Waals surface area contributed by atoms with Crippen molar-refractivity contribution in [1.29, 1.82) is 5.26 Å². The van der Waals surface area contributed by atoms with Gasteiger partial charge in [0.25, 0.3) is 5.91 Å². The molecular formula is C51H83N4O15P. The van der Waals surface area contributed by atoms with E-state index in [0.717, 1.165) is 16.7 Å². The van der Waals surface area contributed by atoms with E-state index in [1.165, 1.54) is 26.6 Å². The Kier molecular flexibility index (Phi) is 23.7. The Labute approximate surface area is 420 Å². The zero-order valence-electron chi connectivity index (χ0n) is 44.0. The van der Waals surface area contributed by atoms with Crippen molar-refractivity contribution >= 4 is 19.8 Å². The van der Waals surface area contributed by atoms with Crippen LogP contribution in [-0.2, 0) is 32.8 Å². The summed E-state index contributed by atoms with van der Waals surface area (Å²) in [5.41, 5.74) is 1.87. The number of oxazole rings is 1. The number of methoxy groups -OCH3 is 2. The molecule has 1 aromatic heterocycles. The van der Waals surface area contributed by atoms with Gasteiger partial charge in [0.1, 0.15) is 30.3 Å². The Morgan fingerprint density at radius 1 is 1.06 bits per heavy atom. The molecule has 20 heteroatoms. The van der Waals surface area contributed by atoms with Gasteiger partial charge in [0.15, 0.2) is 17.8 Å². The summed E-state index contributed by atoms with van der Waals surface area (Å²) < 4.78 is 48.3. The van der Waals surface area contributed by atoms with Gasteiger partial charge in [-0.1, -0.05) is 77.5 Å². The number of nitrogens with zero attached hydrogens (tertiary/aromatic N) is 3. The first-order valence-corrected chi connectivity index (χ1v) is 25.8. The van der Waals surface area contributed by atoms with Crippen LogP contribution in [-0.4, -0.2) is 159 Å². The van der Waals surface area contributed by atoms with Gasteiger partial charge < -0.3 is 68.9 Å². The van der Waals surface area contributed by atoms with Crippen molar-refractivity contribution in [3.8, 4) is 6.07 Å². The highest BCUT2D eigenvalue weighted by Gasteiger charge is 2.68. The number of aliphatic hydroxyl groups excluding tert-OH is 5. The molecule has 1 amide bonds. The average Bonchev–Trinajstić information content (AvgIpc) is 3.84. The van der Waals surface area contributed by atoms with Crippen LogP contribution in [0.2, 0.25) is 0 Å². The maximum absolute atomic E-state index is 12.8. The van der Waals surface area contributed by atoms with E-state index in [-0.39, 0.29) is 37.7 Å². The number of aromatic nitrogens is 1. The van der Waals surface area contributed by atoms with Gasteiger partial charge in [-0.2, -0.15) is 5.26 Å². The fourth-order valence-electron chi connectivity index (χ4n) is 9.34. The van der Waals surface area contributed by atoms with Crippen molar-refractivity contribution in [1.82, 2.24) is 15.2 Å². The highest BCUT2D eigenvalue weighted by atomic mass is 31.2. The number of carbonyl (C=O) groups is 1. The molecule has 0 radical (unpaired) electrons. The molecule has 2 aliphatic heterocycles. The Balaban J connectivity index is 1.76. The molecule has 16 atom stereocenters. The van der Waals surface area contributed by atoms with Crippen LogP contribution in [0.5, 0.6) is 0 Å². The zero-order valence-corrected chi connectivity index (χ0v) is 44.9. The molecule has 0 saturated carbocycles. The van der Waals surface area contributed by atoms with Crippen molar-refractivity contribution in [2.75, 3.05) is 34.9 Å². The summed E-state index contributed by atoms with van der Waals surface area (Å²) in [7, 11) is 1.13. The molecule has 0 aliphatic carbocycles. The van der Waals surface area contributed by atoms with E-state index >= 15 is 0 Å². The molecule has 0 aromatic carbocycles. The van der Waals surface area contributed by atoms with Crippen LogP contribution in [0, 0.1) is 34.5 Å². The smallest absolute Gasteiger partial charge is 0.448 e. The van der Waals surface area contributed by atoms with Gasteiger partial charge in [0.2, 0.25) is 0 Å². The third-order valence-corrected chi connectivity index (χ3v) is 14.7. The molecule has 3 heterocycles. The highest BCUT2D eigenvalue weighted by Crippen LogP contribution is 2.59. The minimum atomic E-state index is -5.16. The van der Waals surface area contributed by atoms with Gasteiger partial charge in [-0.15, -0.1) is 0 Å². The topological polar surface area (TPSA) is 287 Å². The number of hydrogen-bond acceptors (Lipinski definition) is 16. The van der Waals surface area contributed by atoms with Gasteiger partial charge in [-0.3, -0.25) is 9.32 Å². The third kappa shape index (κ3) is 16.8. The summed E-state index contributed by atoms with van der Waals surface area (Å²) in [6, 6.07) is 0.980. The number of allylic oxidation sites excluding steroid dienone is 7. The number of nitrogens with one attached hydrogen (secondary N) is 1. The van der Waals surface area contributed by atoms with E-state index in [1.807, 2.05) is 78.0 Å². The van der Waals surface area contributed by atoms with Crippen LogP contribution in [0.1, 0.15) is 112 Å². The molecular weight excluding hydrogens is 940 g/mol. The molecule has 2 saturated heterocycles. The number of aliphatic hydroxyl groups is 5. The normalized spacial score (nSPS) is 27.8. The van der Waals surface area contributed by atoms with Crippen LogP contribution in [0.3, 0.4) is 0 Å². The van der Waals surface area contributed by atoms with Gasteiger partial charge in [0.05, 0.1) is 49.2 Å². The van der Waals surface area contributed by atoms with Crippen molar-refractivity contribution in [2.24, 2.45) is 23.2 Å². The summed E-state index contributed by atoms with van der Waals surface area (Å²) >= 11 is 0. The minimum Gasteiger partial charge on any atom is -0.448 e. The van der Waals surface area contributed by atoms with Crippen LogP contribution in [0.15, 0.2) is 63.9 Å². The largest absolute Gasteiger partial charge is 0.469 e. The second-order valence-electron chi connectivity index (χ2n) is 20.4. The lowest BCUT2D eigenvalue weighted by Gasteiger charge is -2.50. The van der Waals surface area contributed by atoms with E-state index in [2.05, 4.69) is 10.3 Å². The van der Waals surface area contributed by atoms with Crippen molar-refractivity contribution in [2.45, 2.75) is 174 Å². The SMILES string of the molecule is COC[C@H]([C@@H](O)[C@@H](O)C(=O)N[C@@H](C)C[C@@H](C)c1nc(/C=C/C[C@H]2O[C@]3(C[C@H](O)[C@H]2C)OC([C@@H](C[C@@H](O)[C@@H](C)[C@@H](O)[C@@H](C)/C=C(C)/C(C)=C/C=C/C(C)=C\C#N)OC)[C@@H](OP(=O)(O)O)C3(C)C)co1)N(C)C. The predicted octanol–water partition coefficient (Wildman–Crippen LogP) is 5.08. The number of nitriles is 1. The average molecular weight is 1020 g/mol. The Morgan fingerprint density at radius 2 is 1.72 bits per heavy atom. The Hall–Kier alpha value is -3.42. The number of amides is 1. The first-order valence-electron chi connectivity index (χ1n) is 24.2. The lowest BCUT2D eigenvalue weighted by molar-refractivity contribution is -0.334. The molecule has 1 aromatic rings. The summed E-state index contributed by atoms with van der Waals surface area (Å²) in [6.45, 7) is 18.2. The van der Waals surface area contributed by atoms with E-state index in [4.69, 9.17) is 33.2 Å². The van der Waals surface area contributed by atoms with Crippen LogP contribution in [0.25, 0.3) is 6.08 Å². The molecule has 19 nitrogen and oxygen atoms in total. The monoisotopic (exact) mass is 1020 g/mol. The summed E-state index contributed by atoms with van der Waals surface area (Å²) in [6.07, 6.45) is 4.05. The van der Waals surface area contributed by atoms with E-state index < -0.39 is 104 Å². The predicted molar refractivity (Wildman–Crippen MR) is 267 cm³/mol. The highest BCUT2D eigenvalue weighted by molar-refractivity contribution is 7.46. The summed E-state index contributed by atoms with van der Waals surface area (Å²) in [4.78, 5) is 39.5.